The zero-order chi connectivity index (χ0) is 17.1. The lowest BCUT2D eigenvalue weighted by molar-refractivity contribution is 1.21. The van der Waals surface area contributed by atoms with Crippen LogP contribution in [0.3, 0.4) is 0 Å². The van der Waals surface area contributed by atoms with Gasteiger partial charge in [0.25, 0.3) is 0 Å². The van der Waals surface area contributed by atoms with Crippen LogP contribution in [0.15, 0.2) is 42.5 Å². The predicted octanol–water partition coefficient (Wildman–Crippen LogP) is 5.76. The Morgan fingerprint density at radius 1 is 0.958 bits per heavy atom. The molecule has 0 aliphatic heterocycles. The molecule has 2 aromatic carbocycles. The Morgan fingerprint density at radius 3 is 2.42 bits per heavy atom. The molecule has 0 radical (unpaired) electrons. The van der Waals surface area contributed by atoms with Crippen molar-refractivity contribution in [1.29, 1.82) is 0 Å². The molecule has 0 aromatic heterocycles. The highest BCUT2D eigenvalue weighted by atomic mass is 28.3. The molecular formula is C23H26Si. The molecule has 0 N–H and O–H groups in total. The maximum atomic E-state index is 2.53. The molecule has 0 fully saturated rings. The lowest BCUT2D eigenvalue weighted by Crippen LogP contribution is -2.40. The molecule has 1 heteroatoms. The molecule has 0 atom stereocenters. The number of aryl methyl sites for hydroxylation is 1. The number of allylic oxidation sites excluding steroid dienone is 4. The summed E-state index contributed by atoms with van der Waals surface area (Å²) in [4.78, 5) is 0. The van der Waals surface area contributed by atoms with Gasteiger partial charge in [0.1, 0.15) is 0 Å². The van der Waals surface area contributed by atoms with Crippen LogP contribution < -0.4 is 5.19 Å². The Bertz CT molecular complexity index is 905. The van der Waals surface area contributed by atoms with Gasteiger partial charge >= 0.3 is 0 Å². The molecule has 0 unspecified atom stereocenters. The first kappa shape index (κ1) is 15.7. The molecular weight excluding hydrogens is 304 g/mol. The van der Waals surface area contributed by atoms with Gasteiger partial charge < -0.3 is 0 Å². The van der Waals surface area contributed by atoms with Gasteiger partial charge in [-0.05, 0) is 65.6 Å². The number of rotatable bonds is 2. The van der Waals surface area contributed by atoms with Crippen molar-refractivity contribution in [2.45, 2.75) is 46.3 Å². The minimum absolute atomic E-state index is 1.08. The van der Waals surface area contributed by atoms with Gasteiger partial charge in [-0.1, -0.05) is 72.9 Å². The van der Waals surface area contributed by atoms with Crippen molar-refractivity contribution in [3.8, 4) is 11.1 Å². The molecule has 0 saturated heterocycles. The number of fused-ring (bicyclic) bond motifs is 3. The highest BCUT2D eigenvalue weighted by molar-refractivity contribution is 6.89. The maximum Gasteiger partial charge on any atom is 0.0779 e. The maximum absolute atomic E-state index is 2.53. The molecule has 0 spiro atoms. The summed E-state index contributed by atoms with van der Waals surface area (Å²) in [6.45, 7) is 12.0. The van der Waals surface area contributed by atoms with E-state index in [0.717, 1.165) is 12.8 Å². The quantitative estimate of drug-likeness (QED) is 0.524. The van der Waals surface area contributed by atoms with E-state index in [1.54, 1.807) is 16.3 Å². The van der Waals surface area contributed by atoms with Gasteiger partial charge in [-0.25, -0.2) is 0 Å². The SMILES string of the molecule is Cc1ccc2c(c1)Cc1c-2cc([Si](C)(C)C)c(C)c1C1=CC=CC1. The van der Waals surface area contributed by atoms with Crippen LogP contribution in [-0.4, -0.2) is 8.07 Å². The van der Waals surface area contributed by atoms with Gasteiger partial charge in [0.15, 0.2) is 0 Å². The molecule has 24 heavy (non-hydrogen) atoms. The second kappa shape index (κ2) is 5.32. The van der Waals surface area contributed by atoms with E-state index in [4.69, 9.17) is 0 Å². The normalized spacial score (nSPS) is 15.5. The average molecular weight is 331 g/mol. The summed E-state index contributed by atoms with van der Waals surface area (Å²) in [6.07, 6.45) is 9.00. The Hall–Kier alpha value is -1.86. The lowest BCUT2D eigenvalue weighted by Gasteiger charge is -2.25. The van der Waals surface area contributed by atoms with Gasteiger partial charge in [-0.2, -0.15) is 0 Å². The summed E-state index contributed by atoms with van der Waals surface area (Å²) in [5.74, 6) is 0. The molecule has 4 rings (SSSR count). The average Bonchev–Trinajstić information content (AvgIpc) is 3.12. The summed E-state index contributed by atoms with van der Waals surface area (Å²) in [7, 11) is -1.38. The standard InChI is InChI=1S/C23H26Si/c1-15-10-11-19-18(12-15)13-21-20(19)14-22(24(3,4)5)16(2)23(21)17-8-6-7-9-17/h6-8,10-12,14H,9,13H2,1-5H3. The fourth-order valence-electron chi connectivity index (χ4n) is 4.43. The Balaban J connectivity index is 2.02. The van der Waals surface area contributed by atoms with Gasteiger partial charge in [0.05, 0.1) is 8.07 Å². The van der Waals surface area contributed by atoms with E-state index in [1.807, 2.05) is 0 Å². The monoisotopic (exact) mass is 330 g/mol. The smallest absolute Gasteiger partial charge is 0.0779 e. The Morgan fingerprint density at radius 2 is 1.75 bits per heavy atom. The molecule has 122 valence electrons. The van der Waals surface area contributed by atoms with Gasteiger partial charge in [-0.3, -0.25) is 0 Å². The summed E-state index contributed by atoms with van der Waals surface area (Å²) >= 11 is 0. The van der Waals surface area contributed by atoms with Crippen molar-refractivity contribution in [1.82, 2.24) is 0 Å². The fourth-order valence-corrected chi connectivity index (χ4v) is 6.25. The van der Waals surface area contributed by atoms with Gasteiger partial charge in [0, 0.05) is 0 Å². The third-order valence-corrected chi connectivity index (χ3v) is 7.65. The van der Waals surface area contributed by atoms with Gasteiger partial charge in [0.2, 0.25) is 0 Å². The zero-order valence-corrected chi connectivity index (χ0v) is 16.5. The second-order valence-electron chi connectivity index (χ2n) is 8.36. The van der Waals surface area contributed by atoms with Crippen LogP contribution in [0.2, 0.25) is 19.6 Å². The van der Waals surface area contributed by atoms with Crippen molar-refractivity contribution in [3.63, 3.8) is 0 Å². The van der Waals surface area contributed by atoms with Crippen molar-refractivity contribution >= 4 is 18.8 Å². The zero-order valence-electron chi connectivity index (χ0n) is 15.5. The van der Waals surface area contributed by atoms with Crippen LogP contribution in [0.4, 0.5) is 0 Å². The van der Waals surface area contributed by atoms with Crippen LogP contribution in [0.5, 0.6) is 0 Å². The molecule has 0 bridgehead atoms. The topological polar surface area (TPSA) is 0 Å². The number of benzene rings is 2. The second-order valence-corrected chi connectivity index (χ2v) is 13.4. The molecule has 2 aliphatic carbocycles. The fraction of sp³-hybridized carbons (Fsp3) is 0.304. The van der Waals surface area contributed by atoms with E-state index in [9.17, 15) is 0 Å². The van der Waals surface area contributed by atoms with E-state index in [1.165, 1.54) is 33.4 Å². The molecule has 0 amide bonds. The first-order valence-corrected chi connectivity index (χ1v) is 12.5. The van der Waals surface area contributed by atoms with E-state index in [-0.39, 0.29) is 0 Å². The molecule has 2 aromatic rings. The van der Waals surface area contributed by atoms with Crippen molar-refractivity contribution in [2.75, 3.05) is 0 Å². The predicted molar refractivity (Wildman–Crippen MR) is 109 cm³/mol. The van der Waals surface area contributed by atoms with Crippen molar-refractivity contribution in [3.05, 3.63) is 70.3 Å². The van der Waals surface area contributed by atoms with Gasteiger partial charge in [-0.15, -0.1) is 0 Å². The van der Waals surface area contributed by atoms with E-state index in [2.05, 4.69) is 76.0 Å². The van der Waals surface area contributed by atoms with Crippen LogP contribution >= 0.6 is 0 Å². The summed E-state index contributed by atoms with van der Waals surface area (Å²) in [5.41, 5.74) is 12.0. The Labute approximate surface area is 146 Å². The molecule has 0 heterocycles. The lowest BCUT2D eigenvalue weighted by atomic mass is 9.91. The summed E-state index contributed by atoms with van der Waals surface area (Å²) in [6, 6.07) is 9.51. The van der Waals surface area contributed by atoms with E-state index >= 15 is 0 Å². The van der Waals surface area contributed by atoms with E-state index in [0.29, 0.717) is 0 Å². The molecule has 0 saturated carbocycles. The van der Waals surface area contributed by atoms with Crippen LogP contribution in [-0.2, 0) is 6.42 Å². The van der Waals surface area contributed by atoms with Crippen molar-refractivity contribution < 1.29 is 0 Å². The molecule has 0 nitrogen and oxygen atoms in total. The third kappa shape index (κ3) is 2.34. The minimum Gasteiger partial charge on any atom is -0.0801 e. The minimum atomic E-state index is -1.38. The Kier molecular flexibility index (Phi) is 3.47. The number of hydrogen-bond donors (Lipinski definition) is 0. The van der Waals surface area contributed by atoms with Crippen molar-refractivity contribution in [2.24, 2.45) is 0 Å². The van der Waals surface area contributed by atoms with Crippen LogP contribution in [0.1, 0.15) is 34.2 Å². The summed E-state index contributed by atoms with van der Waals surface area (Å²) in [5, 5.41) is 1.62. The first-order chi connectivity index (χ1) is 11.4. The molecule has 2 aliphatic rings. The number of hydrogen-bond acceptors (Lipinski definition) is 0. The largest absolute Gasteiger partial charge is 0.0801 e. The highest BCUT2D eigenvalue weighted by Crippen LogP contribution is 2.43. The first-order valence-electron chi connectivity index (χ1n) is 8.99. The van der Waals surface area contributed by atoms with Crippen LogP contribution in [0, 0.1) is 13.8 Å². The summed E-state index contributed by atoms with van der Waals surface area (Å²) < 4.78 is 0. The highest BCUT2D eigenvalue weighted by Gasteiger charge is 2.29. The third-order valence-electron chi connectivity index (χ3n) is 5.51. The van der Waals surface area contributed by atoms with Crippen LogP contribution in [0.25, 0.3) is 16.7 Å². The van der Waals surface area contributed by atoms with E-state index < -0.39 is 8.07 Å².